The molecule has 0 aliphatic heterocycles. The van der Waals surface area contributed by atoms with Crippen LogP contribution in [0, 0.1) is 0 Å². The van der Waals surface area contributed by atoms with Crippen LogP contribution in [0.5, 0.6) is 5.75 Å². The Bertz CT molecular complexity index is 511. The summed E-state index contributed by atoms with van der Waals surface area (Å²) in [6.07, 6.45) is 0. The Labute approximate surface area is 118 Å². The van der Waals surface area contributed by atoms with Crippen LogP contribution in [-0.4, -0.2) is 12.9 Å². The molecule has 2 nitrogen and oxygen atoms in total. The fourth-order valence-corrected chi connectivity index (χ4v) is 4.05. The number of ether oxygens (including phenoxy) is 1. The van der Waals surface area contributed by atoms with Gasteiger partial charge in [0, 0.05) is 4.47 Å². The van der Waals surface area contributed by atoms with Gasteiger partial charge in [-0.05, 0) is 49.4 Å². The van der Waals surface area contributed by atoms with E-state index in [4.69, 9.17) is 4.74 Å². The molecule has 0 amide bonds. The highest BCUT2D eigenvalue weighted by Crippen LogP contribution is 2.36. The first-order chi connectivity index (χ1) is 7.63. The Kier molecular flexibility index (Phi) is 3.84. The van der Waals surface area contributed by atoms with E-state index in [0.717, 1.165) is 8.26 Å². The maximum absolute atomic E-state index is 12.2. The maximum Gasteiger partial charge on any atom is 0.216 e. The molecule has 0 fully saturated rings. The molecule has 2 rings (SSSR count). The van der Waals surface area contributed by atoms with Crippen molar-refractivity contribution in [2.75, 3.05) is 7.11 Å². The lowest BCUT2D eigenvalue weighted by Crippen LogP contribution is -1.97. The smallest absolute Gasteiger partial charge is 0.216 e. The number of thiophene rings is 2. The third-order valence-corrected chi connectivity index (χ3v) is 6.07. The summed E-state index contributed by atoms with van der Waals surface area (Å²) in [4.78, 5) is 13.5. The number of carbonyl (C=O) groups excluding carboxylic acids is 1. The van der Waals surface area contributed by atoms with Crippen molar-refractivity contribution in [3.8, 4) is 5.75 Å². The van der Waals surface area contributed by atoms with Gasteiger partial charge in [-0.25, -0.2) is 0 Å². The highest BCUT2D eigenvalue weighted by molar-refractivity contribution is 9.13. The Balaban J connectivity index is 2.39. The zero-order valence-electron chi connectivity index (χ0n) is 8.12. The average molecular weight is 382 g/mol. The number of hydrogen-bond acceptors (Lipinski definition) is 4. The normalized spacial score (nSPS) is 10.4. The molecule has 0 radical (unpaired) electrons. The molecular formula is C10H6Br2O2S2. The Morgan fingerprint density at radius 3 is 2.75 bits per heavy atom. The molecule has 6 heteroatoms. The SMILES string of the molecule is COc1ccsc1C(=O)c1cc(Br)c(Br)s1. The average Bonchev–Trinajstić information content (AvgIpc) is 2.85. The van der Waals surface area contributed by atoms with Gasteiger partial charge in [0.25, 0.3) is 0 Å². The lowest BCUT2D eigenvalue weighted by atomic mass is 10.2. The molecule has 0 aliphatic carbocycles. The third-order valence-electron chi connectivity index (χ3n) is 1.92. The van der Waals surface area contributed by atoms with E-state index >= 15 is 0 Å². The van der Waals surface area contributed by atoms with Crippen LogP contribution in [0.15, 0.2) is 25.8 Å². The predicted molar refractivity (Wildman–Crippen MR) is 74.0 cm³/mol. The number of rotatable bonds is 3. The molecule has 0 saturated carbocycles. The van der Waals surface area contributed by atoms with E-state index in [1.54, 1.807) is 13.2 Å². The topological polar surface area (TPSA) is 26.3 Å². The Morgan fingerprint density at radius 2 is 2.19 bits per heavy atom. The van der Waals surface area contributed by atoms with Gasteiger partial charge in [-0.2, -0.15) is 0 Å². The highest BCUT2D eigenvalue weighted by atomic mass is 79.9. The molecule has 84 valence electrons. The Hall–Kier alpha value is -0.170. The van der Waals surface area contributed by atoms with E-state index in [0.29, 0.717) is 15.5 Å². The molecular weight excluding hydrogens is 376 g/mol. The minimum Gasteiger partial charge on any atom is -0.495 e. The Morgan fingerprint density at radius 1 is 1.44 bits per heavy atom. The van der Waals surface area contributed by atoms with Crippen molar-refractivity contribution < 1.29 is 9.53 Å². The molecule has 0 bridgehead atoms. The van der Waals surface area contributed by atoms with Crippen LogP contribution < -0.4 is 4.74 Å². The molecule has 0 N–H and O–H groups in total. The third kappa shape index (κ3) is 2.25. The van der Waals surface area contributed by atoms with Crippen molar-refractivity contribution in [2.24, 2.45) is 0 Å². The minimum absolute atomic E-state index is 0.00301. The van der Waals surface area contributed by atoms with Gasteiger partial charge in [-0.1, -0.05) is 0 Å². The summed E-state index contributed by atoms with van der Waals surface area (Å²) in [5, 5.41) is 1.85. The number of hydrogen-bond donors (Lipinski definition) is 0. The summed E-state index contributed by atoms with van der Waals surface area (Å²) in [5.41, 5.74) is 0. The van der Waals surface area contributed by atoms with Crippen molar-refractivity contribution in [1.82, 2.24) is 0 Å². The second-order valence-electron chi connectivity index (χ2n) is 2.88. The molecule has 2 aromatic rings. The van der Waals surface area contributed by atoms with Crippen molar-refractivity contribution in [1.29, 1.82) is 0 Å². The van der Waals surface area contributed by atoms with Gasteiger partial charge in [0.15, 0.2) is 0 Å². The van der Waals surface area contributed by atoms with Gasteiger partial charge in [0.2, 0.25) is 5.78 Å². The standard InChI is InChI=1S/C10H6Br2O2S2/c1-14-6-2-3-15-9(6)8(13)7-4-5(11)10(12)16-7/h2-4H,1H3. The van der Waals surface area contributed by atoms with E-state index in [-0.39, 0.29) is 5.78 Å². The fraction of sp³-hybridized carbons (Fsp3) is 0.100. The monoisotopic (exact) mass is 380 g/mol. The zero-order valence-corrected chi connectivity index (χ0v) is 12.9. The minimum atomic E-state index is 0.00301. The number of halogens is 2. The van der Waals surface area contributed by atoms with Gasteiger partial charge in [-0.3, -0.25) is 4.79 Å². The van der Waals surface area contributed by atoms with Crippen molar-refractivity contribution >= 4 is 60.3 Å². The van der Waals surface area contributed by atoms with Crippen LogP contribution in [0.3, 0.4) is 0 Å². The summed E-state index contributed by atoms with van der Waals surface area (Å²) >= 11 is 9.55. The maximum atomic E-state index is 12.2. The molecule has 0 spiro atoms. The van der Waals surface area contributed by atoms with E-state index in [2.05, 4.69) is 31.9 Å². The summed E-state index contributed by atoms with van der Waals surface area (Å²) in [7, 11) is 1.57. The highest BCUT2D eigenvalue weighted by Gasteiger charge is 2.19. The molecule has 0 unspecified atom stereocenters. The first-order valence-electron chi connectivity index (χ1n) is 4.24. The van der Waals surface area contributed by atoms with Gasteiger partial charge >= 0.3 is 0 Å². The van der Waals surface area contributed by atoms with Gasteiger partial charge in [-0.15, -0.1) is 22.7 Å². The van der Waals surface area contributed by atoms with E-state index in [1.807, 2.05) is 11.4 Å². The zero-order chi connectivity index (χ0) is 11.7. The number of ketones is 1. The van der Waals surface area contributed by atoms with E-state index in [9.17, 15) is 4.79 Å². The van der Waals surface area contributed by atoms with Crippen LogP contribution in [0.4, 0.5) is 0 Å². The van der Waals surface area contributed by atoms with Gasteiger partial charge in [0.05, 0.1) is 15.8 Å². The van der Waals surface area contributed by atoms with Crippen molar-refractivity contribution in [3.63, 3.8) is 0 Å². The summed E-state index contributed by atoms with van der Waals surface area (Å²) in [5.74, 6) is 0.638. The molecule has 2 heterocycles. The van der Waals surface area contributed by atoms with Crippen molar-refractivity contribution in [2.45, 2.75) is 0 Å². The molecule has 0 aliphatic rings. The van der Waals surface area contributed by atoms with Crippen molar-refractivity contribution in [3.05, 3.63) is 35.5 Å². The molecule has 0 atom stereocenters. The lowest BCUT2D eigenvalue weighted by Gasteiger charge is -1.98. The van der Waals surface area contributed by atoms with Gasteiger partial charge < -0.3 is 4.74 Å². The first kappa shape index (κ1) is 12.3. The molecule has 0 saturated heterocycles. The van der Waals surface area contributed by atoms with Gasteiger partial charge in [0.1, 0.15) is 10.6 Å². The van der Waals surface area contributed by atoms with E-state index in [1.165, 1.54) is 22.7 Å². The summed E-state index contributed by atoms with van der Waals surface area (Å²) < 4.78 is 6.96. The molecule has 0 aromatic carbocycles. The predicted octanol–water partition coefficient (Wildman–Crippen LogP) is 4.57. The first-order valence-corrected chi connectivity index (χ1v) is 7.52. The largest absolute Gasteiger partial charge is 0.495 e. The summed E-state index contributed by atoms with van der Waals surface area (Å²) in [6, 6.07) is 3.62. The van der Waals surface area contributed by atoms with Crippen LogP contribution in [0.2, 0.25) is 0 Å². The lowest BCUT2D eigenvalue weighted by molar-refractivity contribution is 0.104. The second-order valence-corrected chi connectivity index (χ2v) is 7.02. The van der Waals surface area contributed by atoms with Crippen LogP contribution >= 0.6 is 54.5 Å². The van der Waals surface area contributed by atoms with Crippen LogP contribution in [0.25, 0.3) is 0 Å². The second kappa shape index (κ2) is 5.00. The van der Waals surface area contributed by atoms with E-state index < -0.39 is 0 Å². The van der Waals surface area contributed by atoms with Crippen LogP contribution in [0.1, 0.15) is 14.5 Å². The summed E-state index contributed by atoms with van der Waals surface area (Å²) in [6.45, 7) is 0. The number of methoxy groups -OCH3 is 1. The number of carbonyl (C=O) groups is 1. The fourth-order valence-electron chi connectivity index (χ4n) is 1.19. The molecule has 2 aromatic heterocycles. The van der Waals surface area contributed by atoms with Crippen LogP contribution in [-0.2, 0) is 0 Å². The molecule has 16 heavy (non-hydrogen) atoms. The quantitative estimate of drug-likeness (QED) is 0.727.